The monoisotopic (exact) mass is 315 g/mol. The molecule has 6 nitrogen and oxygen atoms in total. The van der Waals surface area contributed by atoms with Gasteiger partial charge in [-0.15, -0.1) is 0 Å². The molecule has 1 saturated heterocycles. The number of amides is 1. The third kappa shape index (κ3) is 3.71. The van der Waals surface area contributed by atoms with Crippen molar-refractivity contribution in [1.29, 1.82) is 0 Å². The van der Waals surface area contributed by atoms with Crippen molar-refractivity contribution >= 4 is 11.7 Å². The van der Waals surface area contributed by atoms with Gasteiger partial charge in [-0.05, 0) is 44.0 Å². The van der Waals surface area contributed by atoms with Gasteiger partial charge in [0.1, 0.15) is 11.5 Å². The third-order valence-corrected chi connectivity index (χ3v) is 4.11. The molecular weight excluding hydrogens is 294 g/mol. The van der Waals surface area contributed by atoms with Crippen molar-refractivity contribution in [2.45, 2.75) is 25.8 Å². The molecule has 1 N–H and O–H groups in total. The molecule has 122 valence electrons. The highest BCUT2D eigenvalue weighted by atomic mass is 16.5. The van der Waals surface area contributed by atoms with E-state index < -0.39 is 0 Å². The number of aromatic nitrogens is 1. The van der Waals surface area contributed by atoms with Gasteiger partial charge in [-0.25, -0.2) is 0 Å². The van der Waals surface area contributed by atoms with Crippen LogP contribution < -0.4 is 10.1 Å². The number of hydrogen-bond acceptors (Lipinski definition) is 5. The topological polar surface area (TPSA) is 67.6 Å². The number of likely N-dealkylation sites (tertiary alicyclic amines) is 1. The van der Waals surface area contributed by atoms with E-state index in [0.717, 1.165) is 25.1 Å². The summed E-state index contributed by atoms with van der Waals surface area (Å²) in [6, 6.07) is 10.0. The molecule has 1 unspecified atom stereocenters. The summed E-state index contributed by atoms with van der Waals surface area (Å²) in [5, 5.41) is 6.56. The highest BCUT2D eigenvalue weighted by molar-refractivity contribution is 5.91. The Morgan fingerprint density at radius 3 is 2.87 bits per heavy atom. The van der Waals surface area contributed by atoms with Crippen LogP contribution in [0.2, 0.25) is 0 Å². The van der Waals surface area contributed by atoms with Gasteiger partial charge < -0.3 is 14.6 Å². The number of ether oxygens (including phenoxy) is 1. The lowest BCUT2D eigenvalue weighted by Crippen LogP contribution is -2.33. The van der Waals surface area contributed by atoms with Crippen molar-refractivity contribution in [3.8, 4) is 5.75 Å². The number of carbonyl (C=O) groups is 1. The Hall–Kier alpha value is -2.34. The summed E-state index contributed by atoms with van der Waals surface area (Å²) in [5.74, 6) is 1.92. The molecule has 2 aromatic rings. The predicted octanol–water partition coefficient (Wildman–Crippen LogP) is 2.77. The average Bonchev–Trinajstić information content (AvgIpc) is 3.16. The van der Waals surface area contributed by atoms with Crippen LogP contribution in [0.1, 0.15) is 30.2 Å². The quantitative estimate of drug-likeness (QED) is 0.919. The Morgan fingerprint density at radius 2 is 2.22 bits per heavy atom. The Morgan fingerprint density at radius 1 is 1.43 bits per heavy atom. The summed E-state index contributed by atoms with van der Waals surface area (Å²) in [6.07, 6.45) is 2.15. The van der Waals surface area contributed by atoms with Gasteiger partial charge in [0.2, 0.25) is 5.91 Å². The van der Waals surface area contributed by atoms with Gasteiger partial charge in [0, 0.05) is 12.1 Å². The number of anilines is 1. The first kappa shape index (κ1) is 15.6. The average molecular weight is 315 g/mol. The lowest BCUT2D eigenvalue weighted by molar-refractivity contribution is -0.117. The zero-order valence-electron chi connectivity index (χ0n) is 13.4. The molecule has 1 aliphatic heterocycles. The van der Waals surface area contributed by atoms with Crippen molar-refractivity contribution in [2.75, 3.05) is 25.5 Å². The second-order valence-electron chi connectivity index (χ2n) is 5.77. The van der Waals surface area contributed by atoms with Gasteiger partial charge in [0.15, 0.2) is 5.82 Å². The Labute approximate surface area is 135 Å². The molecule has 1 fully saturated rings. The van der Waals surface area contributed by atoms with E-state index in [0.29, 0.717) is 18.1 Å². The summed E-state index contributed by atoms with van der Waals surface area (Å²) in [4.78, 5) is 14.4. The minimum atomic E-state index is -0.0706. The number of rotatable bonds is 5. The Balaban J connectivity index is 1.62. The van der Waals surface area contributed by atoms with Crippen LogP contribution >= 0.6 is 0 Å². The van der Waals surface area contributed by atoms with Gasteiger partial charge in [-0.1, -0.05) is 17.3 Å². The highest BCUT2D eigenvalue weighted by Crippen LogP contribution is 2.32. The van der Waals surface area contributed by atoms with Gasteiger partial charge >= 0.3 is 0 Å². The zero-order chi connectivity index (χ0) is 16.2. The second-order valence-corrected chi connectivity index (χ2v) is 5.77. The maximum absolute atomic E-state index is 12.2. The molecule has 0 saturated carbocycles. The molecule has 1 aromatic carbocycles. The molecule has 0 bridgehead atoms. The molecule has 1 atom stereocenters. The van der Waals surface area contributed by atoms with Crippen LogP contribution in [-0.4, -0.2) is 36.2 Å². The number of methoxy groups -OCH3 is 1. The molecule has 0 radical (unpaired) electrons. The maximum atomic E-state index is 12.2. The van der Waals surface area contributed by atoms with Crippen LogP contribution in [0.5, 0.6) is 5.75 Å². The number of aryl methyl sites for hydroxylation is 1. The van der Waals surface area contributed by atoms with Gasteiger partial charge in [0.05, 0.1) is 13.7 Å². The first-order valence-electron chi connectivity index (χ1n) is 7.77. The van der Waals surface area contributed by atoms with Crippen LogP contribution in [0.15, 0.2) is 34.9 Å². The number of nitrogens with one attached hydrogen (secondary N) is 1. The summed E-state index contributed by atoms with van der Waals surface area (Å²) in [7, 11) is 1.66. The van der Waals surface area contributed by atoms with E-state index in [1.165, 1.54) is 5.56 Å². The van der Waals surface area contributed by atoms with E-state index in [-0.39, 0.29) is 11.9 Å². The largest absolute Gasteiger partial charge is 0.497 e. The SMILES string of the molecule is COc1ccc(C2CCCN2CC(=O)Nc2cc(C)on2)cc1. The normalized spacial score (nSPS) is 18.1. The number of nitrogens with zero attached hydrogens (tertiary/aromatic N) is 2. The molecular formula is C17H21N3O3. The first-order chi connectivity index (χ1) is 11.2. The molecule has 2 heterocycles. The Kier molecular flexibility index (Phi) is 4.62. The molecule has 1 aromatic heterocycles. The molecule has 0 spiro atoms. The van der Waals surface area contributed by atoms with E-state index in [4.69, 9.17) is 9.26 Å². The van der Waals surface area contributed by atoms with E-state index in [1.54, 1.807) is 20.1 Å². The van der Waals surface area contributed by atoms with E-state index in [9.17, 15) is 4.79 Å². The Bertz CT molecular complexity index is 666. The summed E-state index contributed by atoms with van der Waals surface area (Å²) < 4.78 is 10.2. The van der Waals surface area contributed by atoms with Crippen LogP contribution in [0.25, 0.3) is 0 Å². The van der Waals surface area contributed by atoms with E-state index >= 15 is 0 Å². The van der Waals surface area contributed by atoms with Crippen molar-refractivity contribution in [2.24, 2.45) is 0 Å². The molecule has 1 aliphatic rings. The van der Waals surface area contributed by atoms with E-state index in [1.807, 2.05) is 12.1 Å². The fraction of sp³-hybridized carbons (Fsp3) is 0.412. The first-order valence-corrected chi connectivity index (χ1v) is 7.77. The molecule has 1 amide bonds. The van der Waals surface area contributed by atoms with Crippen LogP contribution in [0.3, 0.4) is 0 Å². The fourth-order valence-corrected chi connectivity index (χ4v) is 3.01. The smallest absolute Gasteiger partial charge is 0.239 e. The zero-order valence-corrected chi connectivity index (χ0v) is 13.4. The summed E-state index contributed by atoms with van der Waals surface area (Å²) >= 11 is 0. The lowest BCUT2D eigenvalue weighted by atomic mass is 10.0. The highest BCUT2D eigenvalue weighted by Gasteiger charge is 2.27. The van der Waals surface area contributed by atoms with Crippen molar-refractivity contribution in [3.63, 3.8) is 0 Å². The van der Waals surface area contributed by atoms with Crippen LogP contribution in [0, 0.1) is 6.92 Å². The van der Waals surface area contributed by atoms with Crippen molar-refractivity contribution < 1.29 is 14.1 Å². The van der Waals surface area contributed by atoms with E-state index in [2.05, 4.69) is 27.5 Å². The standard InChI is InChI=1S/C17H21N3O3/c1-12-10-16(19-23-12)18-17(21)11-20-9-3-4-15(20)13-5-7-14(22-2)8-6-13/h5-8,10,15H,3-4,9,11H2,1-2H3,(H,18,19,21). The lowest BCUT2D eigenvalue weighted by Gasteiger charge is -2.24. The summed E-state index contributed by atoms with van der Waals surface area (Å²) in [5.41, 5.74) is 1.22. The second kappa shape index (κ2) is 6.83. The van der Waals surface area contributed by atoms with Crippen LogP contribution in [0.4, 0.5) is 5.82 Å². The summed E-state index contributed by atoms with van der Waals surface area (Å²) in [6.45, 7) is 3.06. The van der Waals surface area contributed by atoms with Gasteiger partial charge in [-0.2, -0.15) is 0 Å². The number of hydrogen-bond donors (Lipinski definition) is 1. The third-order valence-electron chi connectivity index (χ3n) is 4.11. The minimum absolute atomic E-state index is 0.0706. The molecule has 23 heavy (non-hydrogen) atoms. The molecule has 6 heteroatoms. The molecule has 3 rings (SSSR count). The number of carbonyl (C=O) groups excluding carboxylic acids is 1. The predicted molar refractivity (Wildman–Crippen MR) is 86.4 cm³/mol. The minimum Gasteiger partial charge on any atom is -0.497 e. The van der Waals surface area contributed by atoms with Crippen molar-refractivity contribution in [3.05, 3.63) is 41.7 Å². The van der Waals surface area contributed by atoms with Gasteiger partial charge in [-0.3, -0.25) is 9.69 Å². The number of benzene rings is 1. The van der Waals surface area contributed by atoms with Gasteiger partial charge in [0.25, 0.3) is 0 Å². The molecule has 0 aliphatic carbocycles. The van der Waals surface area contributed by atoms with Crippen molar-refractivity contribution in [1.82, 2.24) is 10.1 Å². The maximum Gasteiger partial charge on any atom is 0.239 e. The fourth-order valence-electron chi connectivity index (χ4n) is 3.01. The van der Waals surface area contributed by atoms with Crippen LogP contribution in [-0.2, 0) is 4.79 Å².